The van der Waals surface area contributed by atoms with Gasteiger partial charge in [0.05, 0.1) is 17.5 Å². The van der Waals surface area contributed by atoms with Crippen LogP contribution in [0.5, 0.6) is 5.75 Å². The van der Waals surface area contributed by atoms with Crippen molar-refractivity contribution in [1.29, 1.82) is 0 Å². The highest BCUT2D eigenvalue weighted by Crippen LogP contribution is 2.49. The van der Waals surface area contributed by atoms with Crippen molar-refractivity contribution in [3.63, 3.8) is 0 Å². The minimum atomic E-state index is -3.97. The van der Waals surface area contributed by atoms with E-state index in [1.807, 2.05) is 31.2 Å². The summed E-state index contributed by atoms with van der Waals surface area (Å²) in [4.78, 5) is 21.6. The fraction of sp³-hybridized carbons (Fsp3) is 0.667. The number of nitrogens with zero attached hydrogens (tertiary/aromatic N) is 3. The van der Waals surface area contributed by atoms with Crippen LogP contribution in [0.1, 0.15) is 107 Å². The number of piperidine rings is 1. The van der Waals surface area contributed by atoms with Gasteiger partial charge in [-0.15, -0.1) is 0 Å². The Hall–Kier alpha value is -2.63. The zero-order chi connectivity index (χ0) is 39.6. The molecule has 4 heterocycles. The molecule has 3 fully saturated rings. The van der Waals surface area contributed by atoms with Crippen molar-refractivity contribution >= 4 is 33.2 Å². The van der Waals surface area contributed by atoms with Crippen LogP contribution < -0.4 is 14.4 Å². The van der Waals surface area contributed by atoms with E-state index in [0.29, 0.717) is 48.8 Å². The van der Waals surface area contributed by atoms with Gasteiger partial charge in [0.25, 0.3) is 5.91 Å². The number of carbonyl (C=O) groups excluding carboxylic acids is 1. The number of anilines is 1. The highest BCUT2D eigenvalue weighted by molar-refractivity contribution is 7.90. The first-order valence-electron chi connectivity index (χ1n) is 21.5. The summed E-state index contributed by atoms with van der Waals surface area (Å²) in [5.74, 6) is 0.828. The van der Waals surface area contributed by atoms with E-state index < -0.39 is 26.8 Å². The lowest BCUT2D eigenvalue weighted by Gasteiger charge is -2.56. The molecule has 5 aliphatic rings. The van der Waals surface area contributed by atoms with E-state index in [2.05, 4.69) is 58.4 Å². The molecule has 308 valence electrons. The molecular weight excluding hydrogens is 744 g/mol. The van der Waals surface area contributed by atoms with Crippen LogP contribution in [0.25, 0.3) is 0 Å². The van der Waals surface area contributed by atoms with Crippen LogP contribution >= 0.6 is 11.6 Å². The van der Waals surface area contributed by atoms with Crippen molar-refractivity contribution in [2.45, 2.75) is 122 Å². The molecule has 7 rings (SSSR count). The number of sulfonamides is 1. The second-order valence-corrected chi connectivity index (χ2v) is 20.4. The molecular formula is C45H65ClN4O5S. The first-order chi connectivity index (χ1) is 26.8. The minimum absolute atomic E-state index is 0.138. The average Bonchev–Trinajstić information content (AvgIpc) is 3.20. The van der Waals surface area contributed by atoms with Gasteiger partial charge in [-0.25, -0.2) is 13.1 Å². The topological polar surface area (TPSA) is 91.4 Å². The number of halogens is 1. The number of aryl methyl sites for hydroxylation is 1. The molecule has 1 amide bonds. The largest absolute Gasteiger partial charge is 0.487 e. The van der Waals surface area contributed by atoms with Crippen LogP contribution in [0.2, 0.25) is 5.02 Å². The second kappa shape index (κ2) is 17.7. The predicted molar refractivity (Wildman–Crippen MR) is 226 cm³/mol. The molecule has 0 aromatic heterocycles. The van der Waals surface area contributed by atoms with Gasteiger partial charge in [-0.2, -0.15) is 0 Å². The van der Waals surface area contributed by atoms with E-state index in [9.17, 15) is 13.2 Å². The molecule has 9 nitrogen and oxygen atoms in total. The number of allylic oxidation sites excluding steroid dienone is 1. The molecule has 1 saturated carbocycles. The van der Waals surface area contributed by atoms with Crippen molar-refractivity contribution in [3.05, 3.63) is 70.3 Å². The Labute approximate surface area is 341 Å². The molecule has 1 N–H and O–H groups in total. The number of hydrogen-bond acceptors (Lipinski definition) is 8. The van der Waals surface area contributed by atoms with Gasteiger partial charge in [0.15, 0.2) is 0 Å². The molecule has 0 unspecified atom stereocenters. The van der Waals surface area contributed by atoms with Crippen LogP contribution in [-0.2, 0) is 27.8 Å². The number of rotatable bonds is 5. The van der Waals surface area contributed by atoms with Crippen LogP contribution in [0.4, 0.5) is 5.69 Å². The molecule has 4 aliphatic heterocycles. The maximum absolute atomic E-state index is 13.8. The summed E-state index contributed by atoms with van der Waals surface area (Å²) in [6, 6.07) is 12.1. The maximum Gasteiger partial charge on any atom is 0.264 e. The lowest BCUT2D eigenvalue weighted by Crippen LogP contribution is -2.65. The van der Waals surface area contributed by atoms with Crippen LogP contribution in [0.15, 0.2) is 48.6 Å². The van der Waals surface area contributed by atoms with E-state index in [4.69, 9.17) is 21.1 Å². The number of fused-ring (bicyclic) bond motifs is 4. The molecule has 1 aliphatic carbocycles. The molecule has 11 heteroatoms. The van der Waals surface area contributed by atoms with Gasteiger partial charge in [-0.1, -0.05) is 57.0 Å². The first-order valence-corrected chi connectivity index (χ1v) is 23.4. The van der Waals surface area contributed by atoms with Gasteiger partial charge in [-0.3, -0.25) is 14.6 Å². The Bertz CT molecular complexity index is 1840. The number of carbonyl (C=O) groups is 1. The zero-order valence-electron chi connectivity index (χ0n) is 34.4. The normalized spacial score (nSPS) is 31.7. The number of hydrogen-bond donors (Lipinski definition) is 1. The molecule has 2 aromatic rings. The van der Waals surface area contributed by atoms with Gasteiger partial charge in [0.2, 0.25) is 10.0 Å². The van der Waals surface area contributed by atoms with E-state index >= 15 is 0 Å². The number of piperazine rings is 1. The molecule has 2 aromatic carbocycles. The summed E-state index contributed by atoms with van der Waals surface area (Å²) in [6.45, 7) is 17.5. The number of nitrogens with one attached hydrogen (secondary N) is 1. The second-order valence-electron chi connectivity index (χ2n) is 17.9. The Balaban J connectivity index is 1.30. The van der Waals surface area contributed by atoms with E-state index in [-0.39, 0.29) is 17.9 Å². The number of benzene rings is 2. The minimum Gasteiger partial charge on any atom is -0.487 e. The summed E-state index contributed by atoms with van der Waals surface area (Å²) >= 11 is 6.45. The van der Waals surface area contributed by atoms with Gasteiger partial charge < -0.3 is 14.4 Å². The van der Waals surface area contributed by atoms with Crippen molar-refractivity contribution in [2.75, 3.05) is 50.8 Å². The van der Waals surface area contributed by atoms with E-state index in [0.717, 1.165) is 81.1 Å². The number of ether oxygens (including phenoxy) is 2. The Morgan fingerprint density at radius 1 is 0.946 bits per heavy atom. The SMILES string of the molecule is CC(C)CO[C@]1([C@H](C)N2CCN3CCCC[C@@H]3C2)/C=C/C[C@H](C)[C@@H](C)S(=O)(=O)NC(=O)c2ccc3c(c2)N(CCCCc2cc(Cl)ccc2CO3)C[C@@H]2CC[C@H]21. The molecule has 2 saturated heterocycles. The van der Waals surface area contributed by atoms with Gasteiger partial charge in [-0.05, 0) is 137 Å². The van der Waals surface area contributed by atoms with Gasteiger partial charge in [0.1, 0.15) is 18.0 Å². The summed E-state index contributed by atoms with van der Waals surface area (Å²) in [5.41, 5.74) is 2.89. The molecule has 0 spiro atoms. The summed E-state index contributed by atoms with van der Waals surface area (Å²) in [7, 11) is -3.97. The highest BCUT2D eigenvalue weighted by Gasteiger charge is 2.53. The van der Waals surface area contributed by atoms with Crippen molar-refractivity contribution in [1.82, 2.24) is 14.5 Å². The average molecular weight is 810 g/mol. The van der Waals surface area contributed by atoms with E-state index in [1.54, 1.807) is 13.0 Å². The van der Waals surface area contributed by atoms with Crippen LogP contribution in [-0.4, -0.2) is 92.9 Å². The van der Waals surface area contributed by atoms with Gasteiger partial charge >= 0.3 is 0 Å². The first kappa shape index (κ1) is 41.5. The number of amides is 1. The lowest BCUT2D eigenvalue weighted by molar-refractivity contribution is -0.151. The van der Waals surface area contributed by atoms with Crippen LogP contribution in [0.3, 0.4) is 0 Å². The van der Waals surface area contributed by atoms with E-state index in [1.165, 1.54) is 31.4 Å². The highest BCUT2D eigenvalue weighted by atomic mass is 35.5. The fourth-order valence-corrected chi connectivity index (χ4v) is 11.4. The Morgan fingerprint density at radius 2 is 1.77 bits per heavy atom. The monoisotopic (exact) mass is 808 g/mol. The molecule has 7 atom stereocenters. The fourth-order valence-electron chi connectivity index (χ4n) is 9.97. The third-order valence-corrected chi connectivity index (χ3v) is 16.0. The quantitative estimate of drug-likeness (QED) is 0.304. The van der Waals surface area contributed by atoms with Gasteiger partial charge in [0, 0.05) is 55.4 Å². The molecule has 0 radical (unpaired) electrons. The summed E-state index contributed by atoms with van der Waals surface area (Å²) < 4.78 is 44.0. The summed E-state index contributed by atoms with van der Waals surface area (Å²) in [5, 5.41) is -0.0565. The van der Waals surface area contributed by atoms with Crippen LogP contribution in [0, 0.1) is 23.7 Å². The predicted octanol–water partition coefficient (Wildman–Crippen LogP) is 8.10. The summed E-state index contributed by atoms with van der Waals surface area (Å²) in [6.07, 6.45) is 14.0. The zero-order valence-corrected chi connectivity index (χ0v) is 35.9. The molecule has 2 bridgehead atoms. The standard InChI is InChI=1S/C45H65ClN4O5S/c1-31(2)29-55-45(34(5)49-24-23-48-21-9-7-13-40(48)28-49)20-10-11-32(3)33(4)56(52,53)47-44(51)36-16-19-43-42(26-36)50(27-37-15-18-41(37)45)22-8-6-12-35-25-39(46)17-14-38(35)30-54-43/h10,14,16-17,19-20,25-26,31-34,37,40-41H,6-9,11-13,15,18,21-24,27-30H2,1-5H3,(H,47,51)/b20-10+/t32-,33+,34-,37-,40+,41+,45-/m0/s1. The third kappa shape index (κ3) is 9.00. The third-order valence-electron chi connectivity index (χ3n) is 13.8. The lowest BCUT2D eigenvalue weighted by atomic mass is 9.61. The van der Waals surface area contributed by atoms with Crippen molar-refractivity contribution < 1.29 is 22.7 Å². The Morgan fingerprint density at radius 3 is 2.55 bits per heavy atom. The Kier molecular flexibility index (Phi) is 13.1. The molecule has 56 heavy (non-hydrogen) atoms. The smallest absolute Gasteiger partial charge is 0.264 e. The maximum atomic E-state index is 13.8. The van der Waals surface area contributed by atoms with Crippen molar-refractivity contribution in [3.8, 4) is 5.75 Å². The van der Waals surface area contributed by atoms with Crippen molar-refractivity contribution in [2.24, 2.45) is 23.7 Å².